The number of hydrogen-bond acceptors (Lipinski definition) is 6. The summed E-state index contributed by atoms with van der Waals surface area (Å²) in [6.07, 6.45) is 3.30. The summed E-state index contributed by atoms with van der Waals surface area (Å²) in [4.78, 5) is 21.5. The van der Waals surface area contributed by atoms with Crippen molar-refractivity contribution >= 4 is 38.3 Å². The van der Waals surface area contributed by atoms with Crippen LogP contribution in [0.4, 0.5) is 5.13 Å². The first kappa shape index (κ1) is 17.8. The summed E-state index contributed by atoms with van der Waals surface area (Å²) < 4.78 is 6.10. The highest BCUT2D eigenvalue weighted by molar-refractivity contribution is 9.10. The normalized spacial score (nSPS) is 10.8. The van der Waals surface area contributed by atoms with E-state index in [1.165, 1.54) is 22.5 Å². The predicted molar refractivity (Wildman–Crippen MR) is 99.8 cm³/mol. The zero-order valence-electron chi connectivity index (χ0n) is 13.9. The van der Waals surface area contributed by atoms with Gasteiger partial charge in [0.1, 0.15) is 0 Å². The maximum Gasteiger partial charge on any atom is 0.227 e. The molecular formula is C17H17BrN4O2S. The third kappa shape index (κ3) is 4.96. The first-order valence-electron chi connectivity index (χ1n) is 7.78. The molecule has 1 aromatic carbocycles. The van der Waals surface area contributed by atoms with Crippen molar-refractivity contribution in [1.82, 2.24) is 15.1 Å². The van der Waals surface area contributed by atoms with Crippen LogP contribution in [0, 0.1) is 13.8 Å². The second-order valence-electron chi connectivity index (χ2n) is 5.68. The van der Waals surface area contributed by atoms with E-state index in [0.717, 1.165) is 15.8 Å². The van der Waals surface area contributed by atoms with Crippen LogP contribution in [0.2, 0.25) is 0 Å². The van der Waals surface area contributed by atoms with Gasteiger partial charge in [0.2, 0.25) is 11.8 Å². The number of aromatic nitrogens is 3. The van der Waals surface area contributed by atoms with E-state index in [1.54, 1.807) is 13.1 Å². The summed E-state index contributed by atoms with van der Waals surface area (Å²) in [5.74, 6) is 0.928. The lowest BCUT2D eigenvalue weighted by molar-refractivity contribution is -0.116. The molecule has 0 fully saturated rings. The quantitative estimate of drug-likeness (QED) is 0.649. The second-order valence-corrected chi connectivity index (χ2v) is 7.65. The van der Waals surface area contributed by atoms with Gasteiger partial charge in [-0.15, -0.1) is 11.3 Å². The number of nitrogens with zero attached hydrogens (tertiary/aromatic N) is 3. The van der Waals surface area contributed by atoms with Crippen molar-refractivity contribution < 1.29 is 9.32 Å². The Hall–Kier alpha value is -2.06. The number of nitrogens with one attached hydrogen (secondary N) is 1. The highest BCUT2D eigenvalue weighted by Gasteiger charge is 2.10. The van der Waals surface area contributed by atoms with E-state index in [4.69, 9.17) is 4.52 Å². The van der Waals surface area contributed by atoms with Crippen LogP contribution in [0.25, 0.3) is 0 Å². The number of halogens is 1. The van der Waals surface area contributed by atoms with Crippen LogP contribution in [0.5, 0.6) is 0 Å². The van der Waals surface area contributed by atoms with Crippen LogP contribution in [-0.2, 0) is 17.6 Å². The Kier molecular flexibility index (Phi) is 5.60. The largest absolute Gasteiger partial charge is 0.339 e. The molecule has 0 aliphatic carbocycles. The SMILES string of the molecule is Cc1noc(CCC(=O)Nc2ncc(Cc3ccc(Br)c(C)c3)s2)n1. The van der Waals surface area contributed by atoms with Crippen LogP contribution in [0.15, 0.2) is 33.4 Å². The molecule has 1 N–H and O–H groups in total. The molecule has 25 heavy (non-hydrogen) atoms. The van der Waals surface area contributed by atoms with E-state index < -0.39 is 0 Å². The molecule has 1 amide bonds. The number of aryl methyl sites for hydroxylation is 3. The van der Waals surface area contributed by atoms with E-state index in [-0.39, 0.29) is 12.3 Å². The molecule has 0 spiro atoms. The van der Waals surface area contributed by atoms with Gasteiger partial charge in [-0.1, -0.05) is 33.2 Å². The summed E-state index contributed by atoms with van der Waals surface area (Å²) in [6.45, 7) is 3.81. The Labute approximate surface area is 157 Å². The minimum absolute atomic E-state index is 0.115. The number of hydrogen-bond donors (Lipinski definition) is 1. The van der Waals surface area contributed by atoms with Gasteiger partial charge in [-0.05, 0) is 31.0 Å². The van der Waals surface area contributed by atoms with Crippen molar-refractivity contribution in [2.24, 2.45) is 0 Å². The highest BCUT2D eigenvalue weighted by atomic mass is 79.9. The Morgan fingerprint density at radius 3 is 2.92 bits per heavy atom. The number of carbonyl (C=O) groups is 1. The van der Waals surface area contributed by atoms with Gasteiger partial charge in [-0.2, -0.15) is 4.98 Å². The Balaban J connectivity index is 1.53. The van der Waals surface area contributed by atoms with Gasteiger partial charge in [0.25, 0.3) is 0 Å². The van der Waals surface area contributed by atoms with Gasteiger partial charge in [-0.25, -0.2) is 4.98 Å². The number of anilines is 1. The number of carbonyl (C=O) groups excluding carboxylic acids is 1. The first-order chi connectivity index (χ1) is 12.0. The van der Waals surface area contributed by atoms with Crippen molar-refractivity contribution in [2.45, 2.75) is 33.1 Å². The number of amides is 1. The molecular weight excluding hydrogens is 404 g/mol. The summed E-state index contributed by atoms with van der Waals surface area (Å²) in [7, 11) is 0. The van der Waals surface area contributed by atoms with Crippen LogP contribution >= 0.6 is 27.3 Å². The number of benzene rings is 1. The molecule has 130 valence electrons. The smallest absolute Gasteiger partial charge is 0.227 e. The van der Waals surface area contributed by atoms with Crippen LogP contribution in [0.1, 0.15) is 34.1 Å². The molecule has 0 unspecified atom stereocenters. The average molecular weight is 421 g/mol. The Morgan fingerprint density at radius 1 is 1.36 bits per heavy atom. The zero-order valence-corrected chi connectivity index (χ0v) is 16.3. The lowest BCUT2D eigenvalue weighted by Crippen LogP contribution is -2.12. The lowest BCUT2D eigenvalue weighted by Gasteiger charge is -2.02. The van der Waals surface area contributed by atoms with Crippen molar-refractivity contribution in [3.05, 3.63) is 56.6 Å². The molecule has 2 aromatic heterocycles. The van der Waals surface area contributed by atoms with Gasteiger partial charge in [-0.3, -0.25) is 4.79 Å². The third-order valence-electron chi connectivity index (χ3n) is 3.54. The van der Waals surface area contributed by atoms with E-state index in [1.807, 2.05) is 6.07 Å². The Bertz CT molecular complexity index is 890. The fourth-order valence-electron chi connectivity index (χ4n) is 2.31. The van der Waals surface area contributed by atoms with Crippen molar-refractivity contribution in [2.75, 3.05) is 5.32 Å². The van der Waals surface area contributed by atoms with Crippen molar-refractivity contribution in [3.8, 4) is 0 Å². The summed E-state index contributed by atoms with van der Waals surface area (Å²) in [6, 6.07) is 6.28. The molecule has 0 saturated heterocycles. The summed E-state index contributed by atoms with van der Waals surface area (Å²) in [5, 5.41) is 7.13. The van der Waals surface area contributed by atoms with E-state index >= 15 is 0 Å². The minimum Gasteiger partial charge on any atom is -0.339 e. The van der Waals surface area contributed by atoms with Gasteiger partial charge in [0.05, 0.1) is 0 Å². The van der Waals surface area contributed by atoms with Gasteiger partial charge in [0.15, 0.2) is 11.0 Å². The molecule has 0 saturated carbocycles. The molecule has 6 nitrogen and oxygen atoms in total. The maximum atomic E-state index is 12.0. The van der Waals surface area contributed by atoms with Crippen molar-refractivity contribution in [3.63, 3.8) is 0 Å². The standard InChI is InChI=1S/C17H17BrN4O2S/c1-10-7-12(3-4-14(10)18)8-13-9-19-17(25-13)21-15(23)5-6-16-20-11(2)22-24-16/h3-4,7,9H,5-6,8H2,1-2H3,(H,19,21,23). The molecule has 0 bridgehead atoms. The van der Waals surface area contributed by atoms with Gasteiger partial charge >= 0.3 is 0 Å². The number of rotatable bonds is 6. The van der Waals surface area contributed by atoms with Gasteiger partial charge < -0.3 is 9.84 Å². The fourth-order valence-corrected chi connectivity index (χ4v) is 3.42. The molecule has 2 heterocycles. The van der Waals surface area contributed by atoms with E-state index in [2.05, 4.69) is 55.4 Å². The van der Waals surface area contributed by atoms with Crippen LogP contribution in [0.3, 0.4) is 0 Å². The van der Waals surface area contributed by atoms with E-state index in [9.17, 15) is 4.79 Å². The third-order valence-corrected chi connectivity index (χ3v) is 5.34. The predicted octanol–water partition coefficient (Wildman–Crippen LogP) is 4.07. The molecule has 0 aliphatic heterocycles. The highest BCUT2D eigenvalue weighted by Crippen LogP contribution is 2.24. The lowest BCUT2D eigenvalue weighted by atomic mass is 10.1. The molecule has 0 atom stereocenters. The Morgan fingerprint density at radius 2 is 2.20 bits per heavy atom. The monoisotopic (exact) mass is 420 g/mol. The molecule has 3 rings (SSSR count). The van der Waals surface area contributed by atoms with Crippen molar-refractivity contribution in [1.29, 1.82) is 0 Å². The molecule has 3 aromatic rings. The first-order valence-corrected chi connectivity index (χ1v) is 9.39. The van der Waals surface area contributed by atoms with E-state index in [0.29, 0.717) is 23.3 Å². The van der Waals surface area contributed by atoms with Gasteiger partial charge in [0, 0.05) is 34.8 Å². The minimum atomic E-state index is -0.115. The molecule has 8 heteroatoms. The maximum absolute atomic E-state index is 12.0. The average Bonchev–Trinajstić information content (AvgIpc) is 3.18. The van der Waals surface area contributed by atoms with Crippen LogP contribution < -0.4 is 5.32 Å². The summed E-state index contributed by atoms with van der Waals surface area (Å²) in [5.41, 5.74) is 2.42. The number of thiazole rings is 1. The fraction of sp³-hybridized carbons (Fsp3) is 0.294. The summed E-state index contributed by atoms with van der Waals surface area (Å²) >= 11 is 4.99. The topological polar surface area (TPSA) is 80.9 Å². The molecule has 0 radical (unpaired) electrons. The van der Waals surface area contributed by atoms with Crippen LogP contribution in [-0.4, -0.2) is 21.0 Å². The molecule has 0 aliphatic rings. The zero-order chi connectivity index (χ0) is 17.8. The second kappa shape index (κ2) is 7.88.